The molecule has 2 nitrogen and oxygen atoms in total. The Morgan fingerprint density at radius 1 is 0.909 bits per heavy atom. The van der Waals surface area contributed by atoms with E-state index in [2.05, 4.69) is 13.2 Å². The molecule has 1 saturated carbocycles. The highest BCUT2D eigenvalue weighted by Gasteiger charge is 2.12. The molecule has 0 N–H and O–H groups in total. The second-order valence-electron chi connectivity index (χ2n) is 2.46. The smallest absolute Gasteiger partial charge is 0.140 e. The lowest BCUT2D eigenvalue weighted by Crippen LogP contribution is -2.01. The van der Waals surface area contributed by atoms with E-state index in [0.29, 0.717) is 12.8 Å². The largest absolute Gasteiger partial charge is 0.299 e. The summed E-state index contributed by atoms with van der Waals surface area (Å²) in [6, 6.07) is 0. The number of Topliss-reactive ketones (excluding diaryl/α,β-unsaturated/α-hetero) is 2. The number of rotatable bonds is 0. The molecular weight excluding hydrogens is 140 g/mol. The van der Waals surface area contributed by atoms with E-state index in [1.807, 2.05) is 0 Å². The van der Waals surface area contributed by atoms with Crippen molar-refractivity contribution >= 4 is 11.6 Å². The highest BCUT2D eigenvalue weighted by molar-refractivity contribution is 5.99. The molecule has 1 rings (SSSR count). The quantitative estimate of drug-likeness (QED) is 0.303. The van der Waals surface area contributed by atoms with Crippen molar-refractivity contribution in [1.82, 2.24) is 0 Å². The number of carbonyl (C=O) groups is 2. The van der Waals surface area contributed by atoms with Gasteiger partial charge in [0.25, 0.3) is 0 Å². The van der Waals surface area contributed by atoms with Crippen LogP contribution >= 0.6 is 0 Å². The third kappa shape index (κ3) is 4.48. The van der Waals surface area contributed by atoms with Crippen molar-refractivity contribution in [3.05, 3.63) is 13.2 Å². The highest BCUT2D eigenvalue weighted by Crippen LogP contribution is 2.10. The average molecular weight is 154 g/mol. The topological polar surface area (TPSA) is 34.1 Å². The zero-order chi connectivity index (χ0) is 8.69. The van der Waals surface area contributed by atoms with Crippen LogP contribution in [0.1, 0.15) is 32.1 Å². The predicted molar refractivity (Wildman–Crippen MR) is 44.4 cm³/mol. The lowest BCUT2D eigenvalue weighted by molar-refractivity contribution is -0.126. The van der Waals surface area contributed by atoms with Crippen LogP contribution in [0.3, 0.4) is 0 Å². The molecule has 11 heavy (non-hydrogen) atoms. The van der Waals surface area contributed by atoms with Gasteiger partial charge in [-0.3, -0.25) is 9.59 Å². The van der Waals surface area contributed by atoms with E-state index in [1.165, 1.54) is 0 Å². The first-order chi connectivity index (χ1) is 5.29. The molecule has 0 spiro atoms. The average Bonchev–Trinajstić information content (AvgIpc) is 2.18. The zero-order valence-corrected chi connectivity index (χ0v) is 6.77. The Morgan fingerprint density at radius 2 is 1.27 bits per heavy atom. The molecule has 0 radical (unpaired) electrons. The van der Waals surface area contributed by atoms with Crippen LogP contribution in [0.4, 0.5) is 0 Å². The SMILES string of the molecule is C=C.O=C1CCCCC(=O)C1. The Balaban J connectivity index is 0.000000461. The number of hydrogen-bond acceptors (Lipinski definition) is 2. The van der Waals surface area contributed by atoms with Crippen LogP contribution in [-0.2, 0) is 9.59 Å². The molecule has 1 aliphatic rings. The van der Waals surface area contributed by atoms with Crippen LogP contribution in [-0.4, -0.2) is 11.6 Å². The number of carbonyl (C=O) groups excluding carboxylic acids is 2. The Hall–Kier alpha value is -0.920. The summed E-state index contributed by atoms with van der Waals surface area (Å²) >= 11 is 0. The summed E-state index contributed by atoms with van der Waals surface area (Å²) in [5.74, 6) is 0.245. The molecule has 0 heterocycles. The van der Waals surface area contributed by atoms with E-state index in [4.69, 9.17) is 0 Å². The fourth-order valence-corrected chi connectivity index (χ4v) is 1.04. The molecule has 1 fully saturated rings. The van der Waals surface area contributed by atoms with Crippen molar-refractivity contribution in [3.8, 4) is 0 Å². The summed E-state index contributed by atoms with van der Waals surface area (Å²) in [5, 5.41) is 0. The van der Waals surface area contributed by atoms with Crippen molar-refractivity contribution in [2.75, 3.05) is 0 Å². The molecule has 1 aliphatic carbocycles. The summed E-state index contributed by atoms with van der Waals surface area (Å²) in [6.07, 6.45) is 3.24. The van der Waals surface area contributed by atoms with E-state index in [-0.39, 0.29) is 18.0 Å². The third-order valence-corrected chi connectivity index (χ3v) is 1.56. The minimum absolute atomic E-state index is 0.123. The van der Waals surface area contributed by atoms with Crippen LogP contribution in [0.5, 0.6) is 0 Å². The van der Waals surface area contributed by atoms with Gasteiger partial charge in [0, 0.05) is 12.8 Å². The summed E-state index contributed by atoms with van der Waals surface area (Å²) in [5.41, 5.74) is 0. The second kappa shape index (κ2) is 5.83. The van der Waals surface area contributed by atoms with Crippen molar-refractivity contribution in [2.45, 2.75) is 32.1 Å². The molecule has 0 bridgehead atoms. The highest BCUT2D eigenvalue weighted by atomic mass is 16.1. The first-order valence-electron chi connectivity index (χ1n) is 3.82. The van der Waals surface area contributed by atoms with Crippen LogP contribution in [0.15, 0.2) is 13.2 Å². The molecule has 0 amide bonds. The van der Waals surface area contributed by atoms with Gasteiger partial charge in [0.05, 0.1) is 6.42 Å². The maximum Gasteiger partial charge on any atom is 0.140 e. The van der Waals surface area contributed by atoms with Crippen molar-refractivity contribution in [2.24, 2.45) is 0 Å². The Bertz CT molecular complexity index is 134. The molecular formula is C9H14O2. The normalized spacial score (nSPS) is 18.2. The number of hydrogen-bond donors (Lipinski definition) is 0. The van der Waals surface area contributed by atoms with Crippen LogP contribution in [0.25, 0.3) is 0 Å². The van der Waals surface area contributed by atoms with Crippen LogP contribution in [0, 0.1) is 0 Å². The van der Waals surface area contributed by atoms with E-state index in [0.717, 1.165) is 12.8 Å². The Kier molecular flexibility index (Phi) is 5.35. The lowest BCUT2D eigenvalue weighted by Gasteiger charge is -1.87. The van der Waals surface area contributed by atoms with Gasteiger partial charge in [0.15, 0.2) is 0 Å². The van der Waals surface area contributed by atoms with Crippen molar-refractivity contribution in [1.29, 1.82) is 0 Å². The summed E-state index contributed by atoms with van der Waals surface area (Å²) < 4.78 is 0. The zero-order valence-electron chi connectivity index (χ0n) is 6.77. The van der Waals surface area contributed by atoms with E-state index in [9.17, 15) is 9.59 Å². The van der Waals surface area contributed by atoms with Gasteiger partial charge in [-0.2, -0.15) is 0 Å². The third-order valence-electron chi connectivity index (χ3n) is 1.56. The molecule has 0 unspecified atom stereocenters. The molecule has 0 atom stereocenters. The van der Waals surface area contributed by atoms with E-state index < -0.39 is 0 Å². The van der Waals surface area contributed by atoms with Gasteiger partial charge < -0.3 is 0 Å². The van der Waals surface area contributed by atoms with Gasteiger partial charge in [-0.05, 0) is 12.8 Å². The molecule has 62 valence electrons. The molecule has 0 aromatic rings. The predicted octanol–water partition coefficient (Wildman–Crippen LogP) is 1.89. The first kappa shape index (κ1) is 10.1. The van der Waals surface area contributed by atoms with Crippen LogP contribution < -0.4 is 0 Å². The lowest BCUT2D eigenvalue weighted by atomic mass is 10.2. The fourth-order valence-electron chi connectivity index (χ4n) is 1.04. The monoisotopic (exact) mass is 154 g/mol. The Morgan fingerprint density at radius 3 is 1.64 bits per heavy atom. The minimum Gasteiger partial charge on any atom is -0.299 e. The Labute approximate surface area is 67.3 Å². The van der Waals surface area contributed by atoms with E-state index in [1.54, 1.807) is 0 Å². The summed E-state index contributed by atoms with van der Waals surface area (Å²) in [7, 11) is 0. The fraction of sp³-hybridized carbons (Fsp3) is 0.556. The van der Waals surface area contributed by atoms with Crippen molar-refractivity contribution in [3.63, 3.8) is 0 Å². The second-order valence-corrected chi connectivity index (χ2v) is 2.46. The maximum atomic E-state index is 10.7. The van der Waals surface area contributed by atoms with Gasteiger partial charge in [0.1, 0.15) is 11.6 Å². The summed E-state index contributed by atoms with van der Waals surface area (Å²) in [6.45, 7) is 6.00. The molecule has 2 heteroatoms. The van der Waals surface area contributed by atoms with Crippen LogP contribution in [0.2, 0.25) is 0 Å². The standard InChI is InChI=1S/C7H10O2.C2H4/c8-6-3-1-2-4-7(9)5-6;1-2/h1-5H2;1-2H2. The minimum atomic E-state index is 0.123. The molecule has 0 aromatic carbocycles. The summed E-state index contributed by atoms with van der Waals surface area (Å²) in [4.78, 5) is 21.3. The van der Waals surface area contributed by atoms with Gasteiger partial charge in [-0.1, -0.05) is 0 Å². The first-order valence-corrected chi connectivity index (χ1v) is 3.82. The maximum absolute atomic E-state index is 10.7. The molecule has 0 aromatic heterocycles. The number of ketones is 2. The van der Waals surface area contributed by atoms with Gasteiger partial charge in [0.2, 0.25) is 0 Å². The van der Waals surface area contributed by atoms with Crippen molar-refractivity contribution < 1.29 is 9.59 Å². The molecule has 0 aliphatic heterocycles. The molecule has 0 saturated heterocycles. The van der Waals surface area contributed by atoms with E-state index >= 15 is 0 Å². The van der Waals surface area contributed by atoms with Gasteiger partial charge in [-0.15, -0.1) is 13.2 Å². The van der Waals surface area contributed by atoms with Gasteiger partial charge in [-0.25, -0.2) is 0 Å². The van der Waals surface area contributed by atoms with Gasteiger partial charge >= 0.3 is 0 Å².